The number of rotatable bonds is 1. The molecule has 0 radical (unpaired) electrons. The van der Waals surface area contributed by atoms with Crippen molar-refractivity contribution in [3.63, 3.8) is 0 Å². The highest BCUT2D eigenvalue weighted by molar-refractivity contribution is 6.30. The normalized spacial score (nSPS) is 26.9. The maximum Gasteiger partial charge on any atom is 0.241 e. The van der Waals surface area contributed by atoms with Crippen LogP contribution in [0.15, 0.2) is 48.5 Å². The molecule has 2 aromatic carbocycles. The van der Waals surface area contributed by atoms with E-state index >= 15 is 0 Å². The summed E-state index contributed by atoms with van der Waals surface area (Å²) in [7, 11) is 1.80. The minimum Gasteiger partial charge on any atom is -0.347 e. The molecule has 2 aliphatic heterocycles. The van der Waals surface area contributed by atoms with Crippen LogP contribution in [-0.2, 0) is 15.3 Å². The van der Waals surface area contributed by atoms with E-state index in [2.05, 4.69) is 4.90 Å². The van der Waals surface area contributed by atoms with E-state index in [9.17, 15) is 4.79 Å². The number of anilines is 1. The summed E-state index contributed by atoms with van der Waals surface area (Å²) in [5.74, 6) is 0.0501. The van der Waals surface area contributed by atoms with Crippen LogP contribution in [0.2, 0.25) is 5.02 Å². The summed E-state index contributed by atoms with van der Waals surface area (Å²) in [4.78, 5) is 16.5. The third-order valence-corrected chi connectivity index (χ3v) is 5.08. The van der Waals surface area contributed by atoms with Crippen LogP contribution >= 0.6 is 11.6 Å². The number of halogens is 1. The summed E-state index contributed by atoms with van der Waals surface area (Å²) < 4.78 is 6.49. The average Bonchev–Trinajstić information content (AvgIpc) is 2.88. The predicted octanol–water partition coefficient (Wildman–Crippen LogP) is 3.24. The van der Waals surface area contributed by atoms with Crippen molar-refractivity contribution in [1.82, 2.24) is 4.90 Å². The molecule has 4 nitrogen and oxygen atoms in total. The molecule has 0 aromatic heterocycles. The first-order valence-electron chi connectivity index (χ1n) is 8.07. The maximum atomic E-state index is 12.7. The van der Waals surface area contributed by atoms with Crippen LogP contribution < -0.4 is 4.90 Å². The van der Waals surface area contributed by atoms with Gasteiger partial charge in [-0.3, -0.25) is 9.69 Å². The minimum atomic E-state index is -0.790. The Bertz CT molecular complexity index is 795. The smallest absolute Gasteiger partial charge is 0.241 e. The molecule has 0 spiro atoms. The fraction of sp³-hybridized carbons (Fsp3) is 0.316. The van der Waals surface area contributed by atoms with Crippen LogP contribution in [0.5, 0.6) is 0 Å². The Morgan fingerprint density at radius 2 is 1.96 bits per heavy atom. The molecule has 1 saturated heterocycles. The van der Waals surface area contributed by atoms with Gasteiger partial charge in [-0.05, 0) is 25.1 Å². The van der Waals surface area contributed by atoms with E-state index in [1.54, 1.807) is 11.9 Å². The number of nitrogens with zero attached hydrogens (tertiary/aromatic N) is 2. The molecule has 5 heteroatoms. The number of carbonyl (C=O) groups is 1. The summed E-state index contributed by atoms with van der Waals surface area (Å²) in [5, 5.41) is 0.634. The van der Waals surface area contributed by atoms with E-state index in [4.69, 9.17) is 16.3 Å². The molecule has 4 rings (SSSR count). The van der Waals surface area contributed by atoms with Gasteiger partial charge in [0.1, 0.15) is 0 Å². The highest BCUT2D eigenvalue weighted by atomic mass is 35.5. The molecule has 124 valence electrons. The molecule has 1 fully saturated rings. The van der Waals surface area contributed by atoms with Gasteiger partial charge in [-0.2, -0.15) is 0 Å². The highest BCUT2D eigenvalue weighted by Crippen LogP contribution is 2.48. The second kappa shape index (κ2) is 5.59. The second-order valence-corrected chi connectivity index (χ2v) is 6.87. The Kier molecular flexibility index (Phi) is 3.64. The van der Waals surface area contributed by atoms with E-state index < -0.39 is 5.72 Å². The van der Waals surface area contributed by atoms with Crippen molar-refractivity contribution >= 4 is 23.2 Å². The number of carbonyl (C=O) groups excluding carboxylic acids is 1. The van der Waals surface area contributed by atoms with Gasteiger partial charge in [0, 0.05) is 29.7 Å². The monoisotopic (exact) mass is 342 g/mol. The lowest BCUT2D eigenvalue weighted by atomic mass is 9.92. The van der Waals surface area contributed by atoms with Crippen LogP contribution in [0.25, 0.3) is 0 Å². The topological polar surface area (TPSA) is 32.8 Å². The van der Waals surface area contributed by atoms with Crippen LogP contribution in [0.4, 0.5) is 5.69 Å². The Hall–Kier alpha value is -1.88. The van der Waals surface area contributed by atoms with Gasteiger partial charge >= 0.3 is 0 Å². The van der Waals surface area contributed by atoms with Crippen molar-refractivity contribution in [2.24, 2.45) is 0 Å². The van der Waals surface area contributed by atoms with Crippen molar-refractivity contribution in [3.05, 3.63) is 64.7 Å². The highest BCUT2D eigenvalue weighted by Gasteiger charge is 2.52. The first kappa shape index (κ1) is 15.6. The fourth-order valence-corrected chi connectivity index (χ4v) is 3.97. The molecule has 2 heterocycles. The lowest BCUT2D eigenvalue weighted by Gasteiger charge is -2.37. The van der Waals surface area contributed by atoms with Crippen LogP contribution in [-0.4, -0.2) is 37.0 Å². The zero-order valence-corrected chi connectivity index (χ0v) is 14.5. The lowest BCUT2D eigenvalue weighted by molar-refractivity contribution is -0.123. The number of hydrogen-bond acceptors (Lipinski definition) is 3. The summed E-state index contributed by atoms with van der Waals surface area (Å²) in [6.07, 6.45) is 0.0215. The SMILES string of the molecule is CC1CN2CC(=O)N(C)c3ccc(Cl)cc3C2(c2ccccc2)O1. The van der Waals surface area contributed by atoms with Gasteiger partial charge in [0.15, 0.2) is 5.72 Å². The number of fused-ring (bicyclic) bond motifs is 3. The number of likely N-dealkylation sites (N-methyl/N-ethyl adjacent to an activating group) is 1. The fourth-order valence-electron chi connectivity index (χ4n) is 3.80. The molecule has 2 atom stereocenters. The average molecular weight is 343 g/mol. The number of amides is 1. The summed E-state index contributed by atoms with van der Waals surface area (Å²) in [6.45, 7) is 3.04. The molecule has 0 aliphatic carbocycles. The molecule has 2 unspecified atom stereocenters. The van der Waals surface area contributed by atoms with Gasteiger partial charge in [0.25, 0.3) is 0 Å². The van der Waals surface area contributed by atoms with Crippen molar-refractivity contribution < 1.29 is 9.53 Å². The van der Waals surface area contributed by atoms with Gasteiger partial charge in [-0.1, -0.05) is 41.9 Å². The zero-order valence-electron chi connectivity index (χ0n) is 13.7. The third-order valence-electron chi connectivity index (χ3n) is 4.84. The Labute approximate surface area is 146 Å². The van der Waals surface area contributed by atoms with E-state index in [-0.39, 0.29) is 12.0 Å². The van der Waals surface area contributed by atoms with Crippen molar-refractivity contribution in [1.29, 1.82) is 0 Å². The first-order chi connectivity index (χ1) is 11.5. The van der Waals surface area contributed by atoms with Crippen molar-refractivity contribution in [2.45, 2.75) is 18.8 Å². The predicted molar refractivity (Wildman–Crippen MR) is 94.2 cm³/mol. The van der Waals surface area contributed by atoms with Gasteiger partial charge in [0.2, 0.25) is 5.91 Å². The van der Waals surface area contributed by atoms with Crippen molar-refractivity contribution in [3.8, 4) is 0 Å². The molecular weight excluding hydrogens is 324 g/mol. The van der Waals surface area contributed by atoms with E-state index in [1.165, 1.54) is 0 Å². The molecule has 24 heavy (non-hydrogen) atoms. The molecule has 0 bridgehead atoms. The third kappa shape index (κ3) is 2.18. The lowest BCUT2D eigenvalue weighted by Crippen LogP contribution is -2.45. The first-order valence-corrected chi connectivity index (χ1v) is 8.45. The largest absolute Gasteiger partial charge is 0.347 e. The van der Waals surface area contributed by atoms with Gasteiger partial charge in [-0.25, -0.2) is 0 Å². The Morgan fingerprint density at radius 3 is 2.71 bits per heavy atom. The van der Waals surface area contributed by atoms with Crippen LogP contribution in [0, 0.1) is 0 Å². The molecule has 2 aliphatic rings. The summed E-state index contributed by atoms with van der Waals surface area (Å²) in [6, 6.07) is 15.7. The second-order valence-electron chi connectivity index (χ2n) is 6.43. The standard InChI is InChI=1S/C19H19ClN2O2/c1-13-11-22-12-18(23)21(2)17-9-8-15(20)10-16(17)19(22,24-13)14-6-4-3-5-7-14/h3-10,13H,11-12H2,1-2H3. The van der Waals surface area contributed by atoms with Gasteiger partial charge < -0.3 is 9.64 Å². The Balaban J connectivity index is 2.04. The van der Waals surface area contributed by atoms with E-state index in [0.717, 1.165) is 16.8 Å². The van der Waals surface area contributed by atoms with Crippen LogP contribution in [0.3, 0.4) is 0 Å². The molecule has 0 saturated carbocycles. The number of ether oxygens (including phenoxy) is 1. The maximum absolute atomic E-state index is 12.7. The minimum absolute atomic E-state index is 0.0215. The molecule has 1 amide bonds. The molecular formula is C19H19ClN2O2. The molecule has 0 N–H and O–H groups in total. The van der Waals surface area contributed by atoms with Gasteiger partial charge in [-0.15, -0.1) is 0 Å². The summed E-state index contributed by atoms with van der Waals surface area (Å²) in [5.41, 5.74) is 1.98. The van der Waals surface area contributed by atoms with Crippen molar-refractivity contribution in [2.75, 3.05) is 25.0 Å². The van der Waals surface area contributed by atoms with Gasteiger partial charge in [0.05, 0.1) is 18.3 Å². The Morgan fingerprint density at radius 1 is 1.21 bits per heavy atom. The zero-order chi connectivity index (χ0) is 16.9. The van der Waals surface area contributed by atoms with E-state index in [0.29, 0.717) is 18.1 Å². The van der Waals surface area contributed by atoms with E-state index in [1.807, 2.05) is 55.5 Å². The number of benzene rings is 2. The quantitative estimate of drug-likeness (QED) is 0.797. The van der Waals surface area contributed by atoms with Crippen LogP contribution in [0.1, 0.15) is 18.1 Å². The number of hydrogen-bond donors (Lipinski definition) is 0. The summed E-state index contributed by atoms with van der Waals surface area (Å²) >= 11 is 6.31. The molecule has 2 aromatic rings.